The second kappa shape index (κ2) is 6.95. The molecule has 1 aliphatic heterocycles. The van der Waals surface area contributed by atoms with Crippen molar-refractivity contribution in [1.82, 2.24) is 9.88 Å². The fourth-order valence-electron chi connectivity index (χ4n) is 2.49. The third-order valence-electron chi connectivity index (χ3n) is 3.61. The fraction of sp³-hybridized carbons (Fsp3) is 0.643. The van der Waals surface area contributed by atoms with Crippen LogP contribution in [0.3, 0.4) is 0 Å². The second-order valence-corrected chi connectivity index (χ2v) is 5.40. The molecular formula is C14H22ClN3. The monoisotopic (exact) mass is 267 g/mol. The first kappa shape index (κ1) is 13.6. The van der Waals surface area contributed by atoms with Crippen molar-refractivity contribution in [3.8, 4) is 0 Å². The predicted molar refractivity (Wildman–Crippen MR) is 77.2 cm³/mol. The largest absolute Gasteiger partial charge is 0.369 e. The minimum Gasteiger partial charge on any atom is -0.369 e. The van der Waals surface area contributed by atoms with Gasteiger partial charge in [-0.15, -0.1) is 0 Å². The number of rotatable bonds is 5. The van der Waals surface area contributed by atoms with Gasteiger partial charge in [-0.25, -0.2) is 4.98 Å². The van der Waals surface area contributed by atoms with Crippen LogP contribution in [-0.2, 0) is 0 Å². The average Bonchev–Trinajstić information content (AvgIpc) is 2.38. The number of hydrogen-bond acceptors (Lipinski definition) is 3. The smallest absolute Gasteiger partial charge is 0.144 e. The van der Waals surface area contributed by atoms with Gasteiger partial charge < -0.3 is 10.2 Å². The molecule has 0 saturated carbocycles. The van der Waals surface area contributed by atoms with Crippen molar-refractivity contribution >= 4 is 17.4 Å². The summed E-state index contributed by atoms with van der Waals surface area (Å²) in [6, 6.07) is 4.46. The van der Waals surface area contributed by atoms with Crippen LogP contribution in [0.4, 0.5) is 5.82 Å². The topological polar surface area (TPSA) is 28.2 Å². The van der Waals surface area contributed by atoms with Gasteiger partial charge in [-0.05, 0) is 44.9 Å². The standard InChI is InChI=1S/C14H22ClN3/c1-12-6-2-3-10-18(12)11-5-9-17-14-13(15)7-4-8-16-14/h4,7-8,12H,2-3,5-6,9-11H2,1H3,(H,16,17). The highest BCUT2D eigenvalue weighted by Gasteiger charge is 2.16. The summed E-state index contributed by atoms with van der Waals surface area (Å²) in [5.41, 5.74) is 0. The molecule has 0 aromatic carbocycles. The van der Waals surface area contributed by atoms with Crippen LogP contribution >= 0.6 is 11.6 Å². The quantitative estimate of drug-likeness (QED) is 0.829. The zero-order valence-corrected chi connectivity index (χ0v) is 11.8. The first-order valence-electron chi connectivity index (χ1n) is 6.86. The van der Waals surface area contributed by atoms with Gasteiger partial charge in [-0.3, -0.25) is 0 Å². The van der Waals surface area contributed by atoms with Gasteiger partial charge in [0, 0.05) is 25.3 Å². The molecule has 18 heavy (non-hydrogen) atoms. The summed E-state index contributed by atoms with van der Waals surface area (Å²) in [4.78, 5) is 6.81. The summed E-state index contributed by atoms with van der Waals surface area (Å²) < 4.78 is 0. The van der Waals surface area contributed by atoms with Crippen LogP contribution in [0, 0.1) is 0 Å². The molecule has 1 aliphatic rings. The summed E-state index contributed by atoms with van der Waals surface area (Å²) in [6.45, 7) is 5.69. The maximum Gasteiger partial charge on any atom is 0.144 e. The van der Waals surface area contributed by atoms with Gasteiger partial charge in [-0.1, -0.05) is 18.0 Å². The van der Waals surface area contributed by atoms with E-state index in [-0.39, 0.29) is 0 Å². The van der Waals surface area contributed by atoms with Gasteiger partial charge in [0.25, 0.3) is 0 Å². The number of anilines is 1. The van der Waals surface area contributed by atoms with Crippen LogP contribution in [0.2, 0.25) is 5.02 Å². The lowest BCUT2D eigenvalue weighted by Gasteiger charge is -2.33. The number of hydrogen-bond donors (Lipinski definition) is 1. The van der Waals surface area contributed by atoms with Crippen molar-refractivity contribution in [1.29, 1.82) is 0 Å². The van der Waals surface area contributed by atoms with Gasteiger partial charge in [-0.2, -0.15) is 0 Å². The number of aromatic nitrogens is 1. The third kappa shape index (κ3) is 3.85. The number of piperidine rings is 1. The second-order valence-electron chi connectivity index (χ2n) is 4.99. The van der Waals surface area contributed by atoms with Crippen molar-refractivity contribution in [2.24, 2.45) is 0 Å². The lowest BCUT2D eigenvalue weighted by molar-refractivity contribution is 0.160. The van der Waals surface area contributed by atoms with E-state index in [0.717, 1.165) is 24.8 Å². The minimum atomic E-state index is 0.698. The van der Waals surface area contributed by atoms with Crippen LogP contribution < -0.4 is 5.32 Å². The Kier molecular flexibility index (Phi) is 5.26. The SMILES string of the molecule is CC1CCCCN1CCCNc1ncccc1Cl. The lowest BCUT2D eigenvalue weighted by Crippen LogP contribution is -2.38. The summed E-state index contributed by atoms with van der Waals surface area (Å²) >= 11 is 6.04. The molecule has 1 aromatic rings. The molecule has 0 amide bonds. The van der Waals surface area contributed by atoms with Crippen LogP contribution in [0.5, 0.6) is 0 Å². The van der Waals surface area contributed by atoms with Crippen molar-refractivity contribution in [3.63, 3.8) is 0 Å². The molecule has 1 N–H and O–H groups in total. The molecule has 0 aliphatic carbocycles. The van der Waals surface area contributed by atoms with E-state index in [4.69, 9.17) is 11.6 Å². The first-order chi connectivity index (χ1) is 8.77. The third-order valence-corrected chi connectivity index (χ3v) is 3.92. The fourth-order valence-corrected chi connectivity index (χ4v) is 2.68. The van der Waals surface area contributed by atoms with E-state index in [2.05, 4.69) is 22.1 Å². The van der Waals surface area contributed by atoms with Crippen molar-refractivity contribution in [3.05, 3.63) is 23.4 Å². The van der Waals surface area contributed by atoms with E-state index in [9.17, 15) is 0 Å². The van der Waals surface area contributed by atoms with Crippen LogP contribution in [0.15, 0.2) is 18.3 Å². The number of nitrogens with zero attached hydrogens (tertiary/aromatic N) is 2. The molecule has 100 valence electrons. The number of pyridine rings is 1. The zero-order valence-electron chi connectivity index (χ0n) is 11.0. The Morgan fingerprint density at radius 2 is 2.39 bits per heavy atom. The first-order valence-corrected chi connectivity index (χ1v) is 7.23. The maximum absolute atomic E-state index is 6.04. The molecule has 0 radical (unpaired) electrons. The van der Waals surface area contributed by atoms with Gasteiger partial charge >= 0.3 is 0 Å². The number of halogens is 1. The molecule has 2 heterocycles. The molecule has 0 bridgehead atoms. The van der Waals surface area contributed by atoms with Gasteiger partial charge in [0.15, 0.2) is 0 Å². The van der Waals surface area contributed by atoms with Crippen LogP contribution in [0.25, 0.3) is 0 Å². The summed E-state index contributed by atoms with van der Waals surface area (Å²) in [5.74, 6) is 0.797. The van der Waals surface area contributed by atoms with E-state index in [1.807, 2.05) is 12.1 Å². The zero-order chi connectivity index (χ0) is 12.8. The Morgan fingerprint density at radius 3 is 3.17 bits per heavy atom. The van der Waals surface area contributed by atoms with Gasteiger partial charge in [0.1, 0.15) is 5.82 Å². The van der Waals surface area contributed by atoms with E-state index in [1.54, 1.807) is 6.20 Å². The molecule has 1 fully saturated rings. The Hall–Kier alpha value is -0.800. The maximum atomic E-state index is 6.04. The molecule has 3 nitrogen and oxygen atoms in total. The van der Waals surface area contributed by atoms with Crippen molar-refractivity contribution in [2.45, 2.75) is 38.6 Å². The molecule has 1 aromatic heterocycles. The summed E-state index contributed by atoms with van der Waals surface area (Å²) in [6.07, 6.45) is 6.99. The van der Waals surface area contributed by atoms with Gasteiger partial charge in [0.05, 0.1) is 5.02 Å². The molecule has 1 unspecified atom stereocenters. The normalized spacial score (nSPS) is 20.9. The molecule has 1 saturated heterocycles. The minimum absolute atomic E-state index is 0.698. The highest BCUT2D eigenvalue weighted by Crippen LogP contribution is 2.18. The molecule has 2 rings (SSSR count). The Bertz CT molecular complexity index is 370. The van der Waals surface area contributed by atoms with E-state index in [0.29, 0.717) is 5.02 Å². The summed E-state index contributed by atoms with van der Waals surface area (Å²) in [7, 11) is 0. The van der Waals surface area contributed by atoms with Crippen molar-refractivity contribution < 1.29 is 0 Å². The number of likely N-dealkylation sites (tertiary alicyclic amines) is 1. The van der Waals surface area contributed by atoms with E-state index in [1.165, 1.54) is 32.4 Å². The predicted octanol–water partition coefficient (Wildman–Crippen LogP) is 3.41. The van der Waals surface area contributed by atoms with Crippen LogP contribution in [-0.4, -0.2) is 35.6 Å². The average molecular weight is 268 g/mol. The van der Waals surface area contributed by atoms with E-state index < -0.39 is 0 Å². The molecule has 1 atom stereocenters. The lowest BCUT2D eigenvalue weighted by atomic mass is 10.0. The summed E-state index contributed by atoms with van der Waals surface area (Å²) in [5, 5.41) is 4.00. The van der Waals surface area contributed by atoms with Crippen molar-refractivity contribution in [2.75, 3.05) is 25.0 Å². The highest BCUT2D eigenvalue weighted by molar-refractivity contribution is 6.32. The molecule has 4 heteroatoms. The number of nitrogens with one attached hydrogen (secondary N) is 1. The van der Waals surface area contributed by atoms with E-state index >= 15 is 0 Å². The Morgan fingerprint density at radius 1 is 1.50 bits per heavy atom. The molecule has 0 spiro atoms. The Labute approximate surface area is 115 Å². The molecular weight excluding hydrogens is 246 g/mol. The Balaban J connectivity index is 1.68. The van der Waals surface area contributed by atoms with Crippen LogP contribution in [0.1, 0.15) is 32.6 Å². The van der Waals surface area contributed by atoms with Gasteiger partial charge in [0.2, 0.25) is 0 Å². The highest BCUT2D eigenvalue weighted by atomic mass is 35.5.